The lowest BCUT2D eigenvalue weighted by Gasteiger charge is -2.53. The molecule has 3 heteroatoms. The first-order chi connectivity index (χ1) is 8.32. The summed E-state index contributed by atoms with van der Waals surface area (Å²) in [6.45, 7) is 6.71. The molecular weight excluding hydrogens is 212 g/mol. The molecule has 1 aliphatic carbocycles. The lowest BCUT2D eigenvalue weighted by Crippen LogP contribution is -2.65. The minimum atomic E-state index is 0.440. The summed E-state index contributed by atoms with van der Waals surface area (Å²) in [5, 5.41) is 3.61. The molecule has 1 aliphatic heterocycles. The van der Waals surface area contributed by atoms with Gasteiger partial charge in [0.05, 0.1) is 6.61 Å². The smallest absolute Gasteiger partial charge is 0.0618 e. The molecule has 2 aliphatic rings. The van der Waals surface area contributed by atoms with Crippen molar-refractivity contribution in [1.29, 1.82) is 0 Å². The largest absolute Gasteiger partial charge is 0.383 e. The van der Waals surface area contributed by atoms with Gasteiger partial charge in [0.25, 0.3) is 0 Å². The Morgan fingerprint density at radius 1 is 1.29 bits per heavy atom. The first-order valence-electron chi connectivity index (χ1n) is 7.29. The van der Waals surface area contributed by atoms with Crippen LogP contribution in [0.25, 0.3) is 0 Å². The average Bonchev–Trinajstić information content (AvgIpc) is 2.38. The zero-order chi connectivity index (χ0) is 12.1. The minimum Gasteiger partial charge on any atom is -0.383 e. The highest BCUT2D eigenvalue weighted by Gasteiger charge is 2.42. The monoisotopic (exact) mass is 240 g/mol. The van der Waals surface area contributed by atoms with Gasteiger partial charge < -0.3 is 10.1 Å². The van der Waals surface area contributed by atoms with E-state index in [0.717, 1.165) is 13.2 Å². The van der Waals surface area contributed by atoms with Gasteiger partial charge >= 0.3 is 0 Å². The predicted molar refractivity (Wildman–Crippen MR) is 71.3 cm³/mol. The van der Waals surface area contributed by atoms with E-state index in [2.05, 4.69) is 17.1 Å². The van der Waals surface area contributed by atoms with Gasteiger partial charge in [-0.25, -0.2) is 0 Å². The molecular formula is C14H28N2O. The molecule has 1 N–H and O–H groups in total. The van der Waals surface area contributed by atoms with Crippen LogP contribution >= 0.6 is 0 Å². The van der Waals surface area contributed by atoms with E-state index in [1.807, 2.05) is 7.11 Å². The van der Waals surface area contributed by atoms with E-state index >= 15 is 0 Å². The Kier molecular flexibility index (Phi) is 4.83. The summed E-state index contributed by atoms with van der Waals surface area (Å²) in [7, 11) is 1.83. The molecule has 0 amide bonds. The van der Waals surface area contributed by atoms with Gasteiger partial charge in [0.1, 0.15) is 0 Å². The van der Waals surface area contributed by atoms with Crippen LogP contribution in [0.1, 0.15) is 45.4 Å². The third-order valence-corrected chi connectivity index (χ3v) is 4.65. The first kappa shape index (κ1) is 13.3. The second-order valence-electron chi connectivity index (χ2n) is 5.67. The molecule has 0 aromatic heterocycles. The Labute approximate surface area is 106 Å². The highest BCUT2D eigenvalue weighted by molar-refractivity contribution is 5.00. The van der Waals surface area contributed by atoms with Crippen LogP contribution in [0.4, 0.5) is 0 Å². The number of rotatable bonds is 4. The molecule has 1 unspecified atom stereocenters. The summed E-state index contributed by atoms with van der Waals surface area (Å²) in [4.78, 5) is 2.77. The van der Waals surface area contributed by atoms with Gasteiger partial charge in [0.2, 0.25) is 0 Å². The van der Waals surface area contributed by atoms with Gasteiger partial charge in [0.15, 0.2) is 0 Å². The van der Waals surface area contributed by atoms with Gasteiger partial charge in [0, 0.05) is 38.3 Å². The summed E-state index contributed by atoms with van der Waals surface area (Å²) < 4.78 is 5.42. The van der Waals surface area contributed by atoms with Crippen LogP contribution < -0.4 is 5.32 Å². The number of ether oxygens (including phenoxy) is 1. The van der Waals surface area contributed by atoms with Crippen LogP contribution in [0.5, 0.6) is 0 Å². The van der Waals surface area contributed by atoms with Crippen LogP contribution in [0.15, 0.2) is 0 Å². The molecule has 1 saturated heterocycles. The molecule has 2 rings (SSSR count). The Hall–Kier alpha value is -0.120. The summed E-state index contributed by atoms with van der Waals surface area (Å²) in [6, 6.07) is 0.611. The Bertz CT molecular complexity index is 218. The van der Waals surface area contributed by atoms with Crippen molar-refractivity contribution < 1.29 is 4.74 Å². The molecule has 0 radical (unpaired) electrons. The number of hydrogen-bond acceptors (Lipinski definition) is 3. The lowest BCUT2D eigenvalue weighted by atomic mass is 9.78. The van der Waals surface area contributed by atoms with Crippen molar-refractivity contribution in [3.8, 4) is 0 Å². The SMILES string of the molecule is CCC(COC)N1CCNCC12CCCCC2. The average molecular weight is 240 g/mol. The first-order valence-corrected chi connectivity index (χ1v) is 7.29. The van der Waals surface area contributed by atoms with E-state index < -0.39 is 0 Å². The number of methoxy groups -OCH3 is 1. The van der Waals surface area contributed by atoms with Gasteiger partial charge in [-0.15, -0.1) is 0 Å². The van der Waals surface area contributed by atoms with Crippen LogP contribution in [-0.2, 0) is 4.74 Å². The molecule has 0 aromatic carbocycles. The maximum atomic E-state index is 5.42. The number of nitrogens with one attached hydrogen (secondary N) is 1. The van der Waals surface area contributed by atoms with E-state index in [4.69, 9.17) is 4.74 Å². The highest BCUT2D eigenvalue weighted by atomic mass is 16.5. The van der Waals surface area contributed by atoms with Crippen LogP contribution in [0, 0.1) is 0 Å². The molecule has 17 heavy (non-hydrogen) atoms. The molecule has 0 aromatic rings. The topological polar surface area (TPSA) is 24.5 Å². The number of hydrogen-bond donors (Lipinski definition) is 1. The van der Waals surface area contributed by atoms with Gasteiger partial charge in [-0.1, -0.05) is 26.2 Å². The summed E-state index contributed by atoms with van der Waals surface area (Å²) in [5.74, 6) is 0. The fourth-order valence-corrected chi connectivity index (χ4v) is 3.72. The molecule has 3 nitrogen and oxygen atoms in total. The van der Waals surface area contributed by atoms with Crippen molar-refractivity contribution in [2.24, 2.45) is 0 Å². The fourth-order valence-electron chi connectivity index (χ4n) is 3.72. The standard InChI is InChI=1S/C14H28N2O/c1-3-13(11-17-2)16-10-9-15-12-14(16)7-5-4-6-8-14/h13,15H,3-12H2,1-2H3. The van der Waals surface area contributed by atoms with Crippen molar-refractivity contribution in [3.63, 3.8) is 0 Å². The molecule has 1 saturated carbocycles. The van der Waals surface area contributed by atoms with E-state index in [0.29, 0.717) is 11.6 Å². The van der Waals surface area contributed by atoms with Crippen molar-refractivity contribution in [3.05, 3.63) is 0 Å². The zero-order valence-electron chi connectivity index (χ0n) is 11.5. The van der Waals surface area contributed by atoms with Crippen LogP contribution in [0.3, 0.4) is 0 Å². The molecule has 0 bridgehead atoms. The Morgan fingerprint density at radius 3 is 2.71 bits per heavy atom. The lowest BCUT2D eigenvalue weighted by molar-refractivity contribution is -0.0325. The summed E-state index contributed by atoms with van der Waals surface area (Å²) in [6.07, 6.45) is 8.19. The zero-order valence-corrected chi connectivity index (χ0v) is 11.5. The van der Waals surface area contributed by atoms with Crippen LogP contribution in [-0.4, -0.2) is 49.8 Å². The Balaban J connectivity index is 2.09. The molecule has 1 spiro atoms. The third-order valence-electron chi connectivity index (χ3n) is 4.65. The van der Waals surface area contributed by atoms with Crippen molar-refractivity contribution in [1.82, 2.24) is 10.2 Å². The second-order valence-corrected chi connectivity index (χ2v) is 5.67. The highest BCUT2D eigenvalue weighted by Crippen LogP contribution is 2.36. The van der Waals surface area contributed by atoms with Gasteiger partial charge in [-0.3, -0.25) is 4.90 Å². The second kappa shape index (κ2) is 6.17. The van der Waals surface area contributed by atoms with Crippen molar-refractivity contribution >= 4 is 0 Å². The number of nitrogens with zero attached hydrogens (tertiary/aromatic N) is 1. The summed E-state index contributed by atoms with van der Waals surface area (Å²) >= 11 is 0. The van der Waals surface area contributed by atoms with E-state index in [1.165, 1.54) is 51.6 Å². The molecule has 1 heterocycles. The quantitative estimate of drug-likeness (QED) is 0.813. The van der Waals surface area contributed by atoms with E-state index in [1.54, 1.807) is 0 Å². The van der Waals surface area contributed by atoms with Gasteiger partial charge in [-0.2, -0.15) is 0 Å². The number of piperazine rings is 1. The van der Waals surface area contributed by atoms with Crippen molar-refractivity contribution in [2.75, 3.05) is 33.4 Å². The molecule has 100 valence electrons. The fraction of sp³-hybridized carbons (Fsp3) is 1.00. The molecule has 1 atom stereocenters. The maximum Gasteiger partial charge on any atom is 0.0618 e. The van der Waals surface area contributed by atoms with Gasteiger partial charge in [-0.05, 0) is 19.3 Å². The summed E-state index contributed by atoms with van der Waals surface area (Å²) in [5.41, 5.74) is 0.440. The van der Waals surface area contributed by atoms with Crippen molar-refractivity contribution in [2.45, 2.75) is 57.0 Å². The third kappa shape index (κ3) is 2.83. The predicted octanol–water partition coefficient (Wildman–Crippen LogP) is 2.02. The van der Waals surface area contributed by atoms with Crippen LogP contribution in [0.2, 0.25) is 0 Å². The van der Waals surface area contributed by atoms with E-state index in [9.17, 15) is 0 Å². The maximum absolute atomic E-state index is 5.42. The van der Waals surface area contributed by atoms with E-state index in [-0.39, 0.29) is 0 Å². The molecule has 2 fully saturated rings. The Morgan fingerprint density at radius 2 is 2.06 bits per heavy atom. The normalized spacial score (nSPS) is 27.2. The minimum absolute atomic E-state index is 0.440.